The third-order valence-corrected chi connectivity index (χ3v) is 3.87. The Labute approximate surface area is 149 Å². The third kappa shape index (κ3) is 4.08. The largest absolute Gasteiger partial charge is 0.506 e. The Balaban J connectivity index is 2.36. The predicted molar refractivity (Wildman–Crippen MR) is 96.3 cm³/mol. The van der Waals surface area contributed by atoms with Gasteiger partial charge in [0.1, 0.15) is 17.4 Å². The van der Waals surface area contributed by atoms with Crippen molar-refractivity contribution in [3.8, 4) is 11.8 Å². The summed E-state index contributed by atoms with van der Waals surface area (Å²) < 4.78 is 0. The molecule has 6 heteroatoms. The van der Waals surface area contributed by atoms with Crippen molar-refractivity contribution >= 4 is 40.9 Å². The average molecular weight is 361 g/mol. The maximum atomic E-state index is 12.3. The van der Waals surface area contributed by atoms with E-state index in [1.165, 1.54) is 18.2 Å². The van der Waals surface area contributed by atoms with E-state index in [1.807, 2.05) is 38.1 Å². The molecule has 0 aliphatic carbocycles. The number of hydrogen-bond donors (Lipinski definition) is 2. The molecule has 0 radical (unpaired) electrons. The summed E-state index contributed by atoms with van der Waals surface area (Å²) in [4.78, 5) is 12.3. The molecule has 0 aliphatic heterocycles. The van der Waals surface area contributed by atoms with Crippen LogP contribution in [0.3, 0.4) is 0 Å². The van der Waals surface area contributed by atoms with Crippen LogP contribution in [0.25, 0.3) is 6.08 Å². The second-order valence-electron chi connectivity index (χ2n) is 5.27. The number of anilines is 1. The van der Waals surface area contributed by atoms with E-state index in [4.69, 9.17) is 23.2 Å². The number of aryl methyl sites for hydroxylation is 2. The van der Waals surface area contributed by atoms with Crippen molar-refractivity contribution in [1.29, 1.82) is 5.26 Å². The molecule has 0 aliphatic rings. The van der Waals surface area contributed by atoms with Crippen molar-refractivity contribution in [2.24, 2.45) is 0 Å². The highest BCUT2D eigenvalue weighted by atomic mass is 35.5. The van der Waals surface area contributed by atoms with Crippen LogP contribution in [0.15, 0.2) is 35.9 Å². The number of aromatic hydroxyl groups is 1. The van der Waals surface area contributed by atoms with Gasteiger partial charge in [0.2, 0.25) is 0 Å². The summed E-state index contributed by atoms with van der Waals surface area (Å²) in [5.74, 6) is -0.824. The number of hydrogen-bond acceptors (Lipinski definition) is 3. The number of rotatable bonds is 3. The molecule has 0 saturated heterocycles. The summed E-state index contributed by atoms with van der Waals surface area (Å²) in [5, 5.41) is 22.2. The van der Waals surface area contributed by atoms with E-state index in [9.17, 15) is 15.2 Å². The molecule has 122 valence electrons. The van der Waals surface area contributed by atoms with Crippen molar-refractivity contribution in [2.45, 2.75) is 13.8 Å². The van der Waals surface area contributed by atoms with E-state index in [-0.39, 0.29) is 26.9 Å². The SMILES string of the molecule is Cc1ccc(C)c(NC(=O)/C(C#N)=C\c2cc(Cl)cc(Cl)c2O)c1. The Hall–Kier alpha value is -2.48. The average Bonchev–Trinajstić information content (AvgIpc) is 2.52. The van der Waals surface area contributed by atoms with Crippen LogP contribution in [-0.4, -0.2) is 11.0 Å². The van der Waals surface area contributed by atoms with E-state index < -0.39 is 5.91 Å². The Morgan fingerprint density at radius 2 is 1.96 bits per heavy atom. The van der Waals surface area contributed by atoms with Gasteiger partial charge in [0, 0.05) is 16.3 Å². The first kappa shape index (κ1) is 17.9. The van der Waals surface area contributed by atoms with Gasteiger partial charge >= 0.3 is 0 Å². The first-order valence-electron chi connectivity index (χ1n) is 7.00. The van der Waals surface area contributed by atoms with Crippen LogP contribution >= 0.6 is 23.2 Å². The van der Waals surface area contributed by atoms with Gasteiger partial charge in [0.05, 0.1) is 5.02 Å². The maximum absolute atomic E-state index is 12.3. The minimum absolute atomic E-state index is 0.0426. The number of nitriles is 1. The molecule has 2 aromatic rings. The number of halogens is 2. The van der Waals surface area contributed by atoms with Crippen molar-refractivity contribution in [3.05, 3.63) is 62.6 Å². The molecule has 0 heterocycles. The molecule has 0 atom stereocenters. The Bertz CT molecular complexity index is 883. The minimum atomic E-state index is -0.582. The molecule has 0 saturated carbocycles. The summed E-state index contributed by atoms with van der Waals surface area (Å²) in [6, 6.07) is 10.2. The molecule has 2 rings (SSSR count). The Morgan fingerprint density at radius 1 is 1.25 bits per heavy atom. The van der Waals surface area contributed by atoms with Gasteiger partial charge in [-0.25, -0.2) is 0 Å². The predicted octanol–water partition coefficient (Wildman–Crippen LogP) is 4.86. The highest BCUT2D eigenvalue weighted by Crippen LogP contribution is 2.32. The van der Waals surface area contributed by atoms with Gasteiger partial charge in [0.15, 0.2) is 0 Å². The summed E-state index contributed by atoms with van der Waals surface area (Å²) in [5.41, 5.74) is 2.50. The van der Waals surface area contributed by atoms with E-state index in [0.717, 1.165) is 11.1 Å². The zero-order valence-electron chi connectivity index (χ0n) is 13.0. The monoisotopic (exact) mass is 360 g/mol. The van der Waals surface area contributed by atoms with E-state index in [1.54, 1.807) is 0 Å². The van der Waals surface area contributed by atoms with Gasteiger partial charge in [-0.2, -0.15) is 5.26 Å². The fourth-order valence-corrected chi connectivity index (χ4v) is 2.57. The van der Waals surface area contributed by atoms with Gasteiger partial charge in [-0.15, -0.1) is 0 Å². The molecular weight excluding hydrogens is 347 g/mol. The van der Waals surface area contributed by atoms with Crippen molar-refractivity contribution < 1.29 is 9.90 Å². The lowest BCUT2D eigenvalue weighted by molar-refractivity contribution is -0.112. The molecule has 2 N–H and O–H groups in total. The van der Waals surface area contributed by atoms with Gasteiger partial charge in [-0.05, 0) is 49.2 Å². The number of phenolic OH excluding ortho intramolecular Hbond substituents is 1. The van der Waals surface area contributed by atoms with E-state index >= 15 is 0 Å². The van der Waals surface area contributed by atoms with Crippen LogP contribution < -0.4 is 5.32 Å². The second-order valence-corrected chi connectivity index (χ2v) is 6.11. The molecule has 0 aromatic heterocycles. The van der Waals surface area contributed by atoms with Crippen molar-refractivity contribution in [3.63, 3.8) is 0 Å². The third-order valence-electron chi connectivity index (χ3n) is 3.36. The Kier molecular flexibility index (Phi) is 5.50. The molecule has 2 aromatic carbocycles. The number of nitrogens with zero attached hydrogens (tertiary/aromatic N) is 1. The first-order chi connectivity index (χ1) is 11.3. The standard InChI is InChI=1S/C18H14Cl2N2O2/c1-10-3-4-11(2)16(5-10)22-18(24)13(9-21)6-12-7-14(19)8-15(20)17(12)23/h3-8,23H,1-2H3,(H,22,24)/b13-6-. The molecule has 24 heavy (non-hydrogen) atoms. The summed E-state index contributed by atoms with van der Waals surface area (Å²) in [6.07, 6.45) is 1.24. The number of amides is 1. The second kappa shape index (κ2) is 7.39. The number of phenols is 1. The number of carbonyl (C=O) groups is 1. The molecule has 0 spiro atoms. The zero-order valence-corrected chi connectivity index (χ0v) is 14.5. The van der Waals surface area contributed by atoms with Crippen LogP contribution in [-0.2, 0) is 4.79 Å². The lowest BCUT2D eigenvalue weighted by Crippen LogP contribution is -2.14. The zero-order chi connectivity index (χ0) is 17.9. The molecule has 1 amide bonds. The van der Waals surface area contributed by atoms with Crippen LogP contribution in [0.2, 0.25) is 10.0 Å². The van der Waals surface area contributed by atoms with Crippen molar-refractivity contribution in [1.82, 2.24) is 0 Å². The fourth-order valence-electron chi connectivity index (χ4n) is 2.06. The number of benzene rings is 2. The highest BCUT2D eigenvalue weighted by molar-refractivity contribution is 6.36. The smallest absolute Gasteiger partial charge is 0.266 e. The molecule has 4 nitrogen and oxygen atoms in total. The Morgan fingerprint density at radius 3 is 2.62 bits per heavy atom. The molecular formula is C18H14Cl2N2O2. The normalized spacial score (nSPS) is 11.0. The minimum Gasteiger partial charge on any atom is -0.506 e. The van der Waals surface area contributed by atoms with E-state index in [0.29, 0.717) is 5.69 Å². The van der Waals surface area contributed by atoms with Crippen LogP contribution in [0.1, 0.15) is 16.7 Å². The molecule has 0 fully saturated rings. The summed E-state index contributed by atoms with van der Waals surface area (Å²) >= 11 is 11.7. The number of carbonyl (C=O) groups excluding carboxylic acids is 1. The van der Waals surface area contributed by atoms with Crippen LogP contribution in [0, 0.1) is 25.2 Å². The fraction of sp³-hybridized carbons (Fsp3) is 0.111. The van der Waals surface area contributed by atoms with Crippen LogP contribution in [0.5, 0.6) is 5.75 Å². The first-order valence-corrected chi connectivity index (χ1v) is 7.76. The van der Waals surface area contributed by atoms with Crippen LogP contribution in [0.4, 0.5) is 5.69 Å². The lowest BCUT2D eigenvalue weighted by atomic mass is 10.1. The van der Waals surface area contributed by atoms with Gasteiger partial charge in [0.25, 0.3) is 5.91 Å². The maximum Gasteiger partial charge on any atom is 0.266 e. The highest BCUT2D eigenvalue weighted by Gasteiger charge is 2.13. The lowest BCUT2D eigenvalue weighted by Gasteiger charge is -2.09. The molecule has 0 unspecified atom stereocenters. The van der Waals surface area contributed by atoms with Crippen molar-refractivity contribution in [2.75, 3.05) is 5.32 Å². The molecule has 0 bridgehead atoms. The number of nitrogens with one attached hydrogen (secondary N) is 1. The van der Waals surface area contributed by atoms with Gasteiger partial charge in [-0.1, -0.05) is 35.3 Å². The van der Waals surface area contributed by atoms with Gasteiger partial charge in [-0.3, -0.25) is 4.79 Å². The summed E-state index contributed by atoms with van der Waals surface area (Å²) in [6.45, 7) is 3.76. The summed E-state index contributed by atoms with van der Waals surface area (Å²) in [7, 11) is 0. The van der Waals surface area contributed by atoms with E-state index in [2.05, 4.69) is 5.32 Å². The topological polar surface area (TPSA) is 73.1 Å². The quantitative estimate of drug-likeness (QED) is 0.606. The van der Waals surface area contributed by atoms with Gasteiger partial charge < -0.3 is 10.4 Å².